The van der Waals surface area contributed by atoms with Gasteiger partial charge in [0.15, 0.2) is 0 Å². The fourth-order valence-corrected chi connectivity index (χ4v) is 2.51. The third-order valence-corrected chi connectivity index (χ3v) is 3.83. The van der Waals surface area contributed by atoms with Crippen LogP contribution in [0.1, 0.15) is 36.5 Å². The van der Waals surface area contributed by atoms with Gasteiger partial charge in [-0.2, -0.15) is 0 Å². The predicted molar refractivity (Wildman–Crippen MR) is 96.6 cm³/mol. The monoisotopic (exact) mass is 360 g/mol. The lowest BCUT2D eigenvalue weighted by molar-refractivity contribution is 0.102. The second-order valence-electron chi connectivity index (χ2n) is 5.18. The summed E-state index contributed by atoms with van der Waals surface area (Å²) >= 11 is 3.37. The number of unbranched alkanes of at least 4 members (excludes halogenated alkanes) is 2. The molecule has 116 valence electrons. The van der Waals surface area contributed by atoms with Crippen LogP contribution >= 0.6 is 15.9 Å². The second-order valence-corrected chi connectivity index (χ2v) is 6.09. The van der Waals surface area contributed by atoms with E-state index in [0.29, 0.717) is 5.56 Å². The molecule has 0 saturated heterocycles. The van der Waals surface area contributed by atoms with Gasteiger partial charge in [0.25, 0.3) is 5.91 Å². The number of carbonyl (C=O) groups is 1. The van der Waals surface area contributed by atoms with Crippen molar-refractivity contribution in [3.05, 3.63) is 58.6 Å². The van der Waals surface area contributed by atoms with Crippen molar-refractivity contribution in [1.82, 2.24) is 0 Å². The van der Waals surface area contributed by atoms with Crippen LogP contribution in [0.3, 0.4) is 0 Å². The maximum absolute atomic E-state index is 12.1. The zero-order valence-corrected chi connectivity index (χ0v) is 14.3. The van der Waals surface area contributed by atoms with Crippen LogP contribution in [0.4, 0.5) is 11.4 Å². The van der Waals surface area contributed by atoms with Gasteiger partial charge in [-0.3, -0.25) is 4.79 Å². The van der Waals surface area contributed by atoms with Crippen molar-refractivity contribution in [2.75, 3.05) is 17.2 Å². The molecule has 1 amide bonds. The van der Waals surface area contributed by atoms with Gasteiger partial charge in [0, 0.05) is 28.0 Å². The van der Waals surface area contributed by atoms with Gasteiger partial charge in [-0.05, 0) is 48.9 Å². The molecule has 0 heterocycles. The van der Waals surface area contributed by atoms with Crippen LogP contribution in [-0.2, 0) is 0 Å². The first kappa shape index (κ1) is 16.6. The van der Waals surface area contributed by atoms with E-state index in [4.69, 9.17) is 0 Å². The molecule has 0 radical (unpaired) electrons. The minimum atomic E-state index is -0.107. The van der Waals surface area contributed by atoms with Crippen LogP contribution in [-0.4, -0.2) is 12.5 Å². The zero-order valence-electron chi connectivity index (χ0n) is 12.7. The number of benzene rings is 2. The number of hydrogen-bond acceptors (Lipinski definition) is 2. The Labute approximate surface area is 140 Å². The van der Waals surface area contributed by atoms with Crippen LogP contribution in [0, 0.1) is 0 Å². The van der Waals surface area contributed by atoms with E-state index in [-0.39, 0.29) is 5.91 Å². The van der Waals surface area contributed by atoms with Crippen LogP contribution in [0.2, 0.25) is 0 Å². The first-order chi connectivity index (χ1) is 10.7. The van der Waals surface area contributed by atoms with Crippen LogP contribution in [0.5, 0.6) is 0 Å². The van der Waals surface area contributed by atoms with Gasteiger partial charge in [-0.15, -0.1) is 0 Å². The van der Waals surface area contributed by atoms with Crippen molar-refractivity contribution < 1.29 is 4.79 Å². The smallest absolute Gasteiger partial charge is 0.255 e. The average Bonchev–Trinajstić information content (AvgIpc) is 2.53. The number of rotatable bonds is 7. The Morgan fingerprint density at radius 1 is 1.05 bits per heavy atom. The van der Waals surface area contributed by atoms with Gasteiger partial charge < -0.3 is 10.6 Å². The maximum atomic E-state index is 12.1. The molecule has 0 bridgehead atoms. The molecule has 0 spiro atoms. The Hall–Kier alpha value is -1.81. The van der Waals surface area contributed by atoms with E-state index in [9.17, 15) is 4.79 Å². The summed E-state index contributed by atoms with van der Waals surface area (Å²) in [7, 11) is 0. The molecule has 0 aliphatic carbocycles. The van der Waals surface area contributed by atoms with Gasteiger partial charge in [-0.1, -0.05) is 41.8 Å². The van der Waals surface area contributed by atoms with Crippen LogP contribution in [0.25, 0.3) is 0 Å². The summed E-state index contributed by atoms with van der Waals surface area (Å²) in [5, 5.41) is 6.28. The lowest BCUT2D eigenvalue weighted by Crippen LogP contribution is -2.11. The largest absolute Gasteiger partial charge is 0.385 e. The molecule has 0 fully saturated rings. The van der Waals surface area contributed by atoms with E-state index < -0.39 is 0 Å². The molecule has 2 N–H and O–H groups in total. The van der Waals surface area contributed by atoms with E-state index in [0.717, 1.165) is 22.4 Å². The Kier molecular flexibility index (Phi) is 6.46. The molecule has 0 atom stereocenters. The van der Waals surface area contributed by atoms with Crippen molar-refractivity contribution in [3.8, 4) is 0 Å². The SMILES string of the molecule is CCCCCNc1ccc(NC(=O)c2cccc(Br)c2)cc1. The highest BCUT2D eigenvalue weighted by molar-refractivity contribution is 9.10. The van der Waals surface area contributed by atoms with Gasteiger partial charge in [0.1, 0.15) is 0 Å². The summed E-state index contributed by atoms with van der Waals surface area (Å²) in [6.07, 6.45) is 3.65. The number of amides is 1. The molecule has 22 heavy (non-hydrogen) atoms. The van der Waals surface area contributed by atoms with Crippen molar-refractivity contribution in [2.24, 2.45) is 0 Å². The Bertz CT molecular complexity index is 611. The Morgan fingerprint density at radius 2 is 1.77 bits per heavy atom. The van der Waals surface area contributed by atoms with Gasteiger partial charge in [0.2, 0.25) is 0 Å². The fourth-order valence-electron chi connectivity index (χ4n) is 2.11. The standard InChI is InChI=1S/C18H21BrN2O/c1-2-3-4-12-20-16-8-10-17(11-9-16)21-18(22)14-6-5-7-15(19)13-14/h5-11,13,20H,2-4,12H2,1H3,(H,21,22). The summed E-state index contributed by atoms with van der Waals surface area (Å²) in [4.78, 5) is 12.1. The number of nitrogens with one attached hydrogen (secondary N) is 2. The summed E-state index contributed by atoms with van der Waals surface area (Å²) in [6.45, 7) is 3.18. The third-order valence-electron chi connectivity index (χ3n) is 3.34. The molecule has 0 saturated carbocycles. The molecule has 2 aromatic carbocycles. The van der Waals surface area contributed by atoms with Crippen molar-refractivity contribution >= 4 is 33.2 Å². The first-order valence-corrected chi connectivity index (χ1v) is 8.39. The van der Waals surface area contributed by atoms with E-state index in [1.165, 1.54) is 19.3 Å². The highest BCUT2D eigenvalue weighted by Crippen LogP contribution is 2.16. The molecule has 0 aliphatic rings. The van der Waals surface area contributed by atoms with Gasteiger partial charge >= 0.3 is 0 Å². The lowest BCUT2D eigenvalue weighted by Gasteiger charge is -2.09. The molecule has 2 rings (SSSR count). The first-order valence-electron chi connectivity index (χ1n) is 7.60. The fraction of sp³-hybridized carbons (Fsp3) is 0.278. The lowest BCUT2D eigenvalue weighted by atomic mass is 10.2. The van der Waals surface area contributed by atoms with E-state index in [1.807, 2.05) is 36.4 Å². The van der Waals surface area contributed by atoms with E-state index in [1.54, 1.807) is 12.1 Å². The highest BCUT2D eigenvalue weighted by Gasteiger charge is 2.06. The zero-order chi connectivity index (χ0) is 15.8. The number of anilines is 2. The predicted octanol–water partition coefficient (Wildman–Crippen LogP) is 5.30. The quantitative estimate of drug-likeness (QED) is 0.657. The minimum absolute atomic E-state index is 0.107. The molecule has 2 aromatic rings. The van der Waals surface area contributed by atoms with Crippen molar-refractivity contribution in [1.29, 1.82) is 0 Å². The third kappa shape index (κ3) is 5.19. The molecule has 4 heteroatoms. The van der Waals surface area contributed by atoms with E-state index >= 15 is 0 Å². The van der Waals surface area contributed by atoms with Gasteiger partial charge in [0.05, 0.1) is 0 Å². The summed E-state index contributed by atoms with van der Waals surface area (Å²) in [6, 6.07) is 15.2. The summed E-state index contributed by atoms with van der Waals surface area (Å²) in [5.74, 6) is -0.107. The number of carbonyl (C=O) groups excluding carboxylic acids is 1. The summed E-state index contributed by atoms with van der Waals surface area (Å²) in [5.41, 5.74) is 2.51. The average molecular weight is 361 g/mol. The molecule has 3 nitrogen and oxygen atoms in total. The maximum Gasteiger partial charge on any atom is 0.255 e. The van der Waals surface area contributed by atoms with E-state index in [2.05, 4.69) is 33.5 Å². The Morgan fingerprint density at radius 3 is 2.45 bits per heavy atom. The van der Waals surface area contributed by atoms with Crippen LogP contribution < -0.4 is 10.6 Å². The molecule has 0 aliphatic heterocycles. The Balaban J connectivity index is 1.89. The normalized spacial score (nSPS) is 10.3. The molecular formula is C18H21BrN2O. The minimum Gasteiger partial charge on any atom is -0.385 e. The highest BCUT2D eigenvalue weighted by atomic mass is 79.9. The number of halogens is 1. The second kappa shape index (κ2) is 8.59. The summed E-state index contributed by atoms with van der Waals surface area (Å²) < 4.78 is 0.895. The molecule has 0 aromatic heterocycles. The number of hydrogen-bond donors (Lipinski definition) is 2. The molecule has 0 unspecified atom stereocenters. The molecular weight excluding hydrogens is 340 g/mol. The van der Waals surface area contributed by atoms with Crippen molar-refractivity contribution in [3.63, 3.8) is 0 Å². The topological polar surface area (TPSA) is 41.1 Å². The van der Waals surface area contributed by atoms with Crippen LogP contribution in [0.15, 0.2) is 53.0 Å². The van der Waals surface area contributed by atoms with Gasteiger partial charge in [-0.25, -0.2) is 0 Å². The van der Waals surface area contributed by atoms with Crippen molar-refractivity contribution in [2.45, 2.75) is 26.2 Å².